The largest absolute Gasteiger partial charge is 0.319 e. The molecule has 3 aromatic rings. The van der Waals surface area contributed by atoms with Crippen LogP contribution < -0.4 is 4.80 Å². The van der Waals surface area contributed by atoms with E-state index in [4.69, 9.17) is 11.6 Å². The maximum Gasteiger partial charge on any atom is 0.258 e. The van der Waals surface area contributed by atoms with E-state index in [0.717, 1.165) is 5.56 Å². The zero-order chi connectivity index (χ0) is 16.9. The lowest BCUT2D eigenvalue weighted by Gasteiger charge is -2.05. The molecule has 24 heavy (non-hydrogen) atoms. The van der Waals surface area contributed by atoms with Crippen molar-refractivity contribution < 1.29 is 4.79 Å². The maximum absolute atomic E-state index is 12.1. The van der Waals surface area contributed by atoms with Crippen LogP contribution in [0.25, 0.3) is 0 Å². The number of tetrazole rings is 1. The average Bonchev–Trinajstić information content (AvgIpc) is 3.17. The van der Waals surface area contributed by atoms with Crippen molar-refractivity contribution in [2.75, 3.05) is 5.75 Å². The second-order valence-corrected chi connectivity index (χ2v) is 7.01. The number of thiazole rings is 1. The van der Waals surface area contributed by atoms with Crippen LogP contribution in [-0.4, -0.2) is 36.4 Å². The van der Waals surface area contributed by atoms with Gasteiger partial charge < -0.3 is 4.57 Å². The molecular formula is C14H13ClN6OS2. The van der Waals surface area contributed by atoms with E-state index in [-0.39, 0.29) is 11.7 Å². The third kappa shape index (κ3) is 4.11. The lowest BCUT2D eigenvalue weighted by molar-refractivity contribution is -0.115. The van der Waals surface area contributed by atoms with Crippen LogP contribution >= 0.6 is 34.7 Å². The first-order valence-corrected chi connectivity index (χ1v) is 9.18. The minimum Gasteiger partial charge on any atom is -0.319 e. The molecular weight excluding hydrogens is 368 g/mol. The Kier molecular flexibility index (Phi) is 5.44. The Bertz CT molecular complexity index is 916. The molecule has 10 heteroatoms. The van der Waals surface area contributed by atoms with Gasteiger partial charge in [0, 0.05) is 23.6 Å². The first-order chi connectivity index (χ1) is 11.6. The monoisotopic (exact) mass is 380 g/mol. The summed E-state index contributed by atoms with van der Waals surface area (Å²) in [6.07, 6.45) is 1.89. The Balaban J connectivity index is 1.72. The Morgan fingerprint density at radius 3 is 3.00 bits per heavy atom. The summed E-state index contributed by atoms with van der Waals surface area (Å²) in [5.41, 5.74) is 0.978. The third-order valence-electron chi connectivity index (χ3n) is 3.08. The van der Waals surface area contributed by atoms with Gasteiger partial charge in [0.2, 0.25) is 5.16 Å². The van der Waals surface area contributed by atoms with Gasteiger partial charge in [0.1, 0.15) is 0 Å². The lowest BCUT2D eigenvalue weighted by atomic mass is 10.2. The number of halogens is 1. The molecule has 0 radical (unpaired) electrons. The van der Waals surface area contributed by atoms with Gasteiger partial charge in [0.05, 0.1) is 12.3 Å². The molecule has 1 aromatic carbocycles. The molecule has 0 aliphatic rings. The topological polar surface area (TPSA) is 78.0 Å². The first kappa shape index (κ1) is 16.9. The van der Waals surface area contributed by atoms with Crippen LogP contribution in [0.3, 0.4) is 0 Å². The van der Waals surface area contributed by atoms with Crippen LogP contribution in [0, 0.1) is 0 Å². The minimum absolute atomic E-state index is 0.179. The number of hydrogen-bond donors (Lipinski definition) is 0. The zero-order valence-electron chi connectivity index (χ0n) is 12.7. The number of nitrogens with zero attached hydrogens (tertiary/aromatic N) is 6. The number of aryl methyl sites for hydroxylation is 1. The maximum atomic E-state index is 12.1. The van der Waals surface area contributed by atoms with E-state index < -0.39 is 0 Å². The summed E-state index contributed by atoms with van der Waals surface area (Å²) in [7, 11) is 1.72. The van der Waals surface area contributed by atoms with E-state index in [1.54, 1.807) is 7.05 Å². The SMILES string of the molecule is Cn1nnnc1SCC(=O)N=c1sccn1Cc1ccccc1Cl. The van der Waals surface area contributed by atoms with Crippen LogP contribution in [0.5, 0.6) is 0 Å². The number of thioether (sulfide) groups is 1. The molecule has 0 fully saturated rings. The van der Waals surface area contributed by atoms with E-state index >= 15 is 0 Å². The van der Waals surface area contributed by atoms with Crippen LogP contribution in [0.2, 0.25) is 5.02 Å². The van der Waals surface area contributed by atoms with Crippen molar-refractivity contribution in [3.05, 3.63) is 51.2 Å². The number of benzene rings is 1. The van der Waals surface area contributed by atoms with Crippen molar-refractivity contribution in [3.8, 4) is 0 Å². The van der Waals surface area contributed by atoms with Gasteiger partial charge in [-0.1, -0.05) is 41.6 Å². The quantitative estimate of drug-likeness (QED) is 0.632. The Morgan fingerprint density at radius 1 is 1.42 bits per heavy atom. The molecule has 0 aliphatic carbocycles. The fraction of sp³-hybridized carbons (Fsp3) is 0.214. The van der Waals surface area contributed by atoms with Crippen molar-refractivity contribution in [2.45, 2.75) is 11.7 Å². The molecule has 2 aromatic heterocycles. The van der Waals surface area contributed by atoms with Crippen LogP contribution in [0.15, 0.2) is 46.0 Å². The number of aromatic nitrogens is 5. The van der Waals surface area contributed by atoms with Crippen molar-refractivity contribution in [3.63, 3.8) is 0 Å². The number of carbonyl (C=O) groups excluding carboxylic acids is 1. The lowest BCUT2D eigenvalue weighted by Crippen LogP contribution is -2.17. The molecule has 0 saturated carbocycles. The van der Waals surface area contributed by atoms with Gasteiger partial charge in [-0.3, -0.25) is 4.79 Å². The van der Waals surface area contributed by atoms with Crippen LogP contribution in [0.4, 0.5) is 0 Å². The average molecular weight is 381 g/mol. The smallest absolute Gasteiger partial charge is 0.258 e. The molecule has 0 N–H and O–H groups in total. The number of hydrogen-bond acceptors (Lipinski definition) is 6. The fourth-order valence-electron chi connectivity index (χ4n) is 1.93. The van der Waals surface area contributed by atoms with Gasteiger partial charge >= 0.3 is 0 Å². The second kappa shape index (κ2) is 7.73. The molecule has 2 heterocycles. The summed E-state index contributed by atoms with van der Waals surface area (Å²) < 4.78 is 3.42. The van der Waals surface area contributed by atoms with Crippen molar-refractivity contribution in [2.24, 2.45) is 12.0 Å². The highest BCUT2D eigenvalue weighted by molar-refractivity contribution is 7.99. The summed E-state index contributed by atoms with van der Waals surface area (Å²) in [5.74, 6) is -0.0589. The predicted molar refractivity (Wildman–Crippen MR) is 93.0 cm³/mol. The molecule has 3 rings (SSSR count). The predicted octanol–water partition coefficient (Wildman–Crippen LogP) is 1.99. The van der Waals surface area contributed by atoms with Gasteiger partial charge in [-0.25, -0.2) is 4.68 Å². The van der Waals surface area contributed by atoms with E-state index in [1.807, 2.05) is 40.4 Å². The van der Waals surface area contributed by atoms with Crippen molar-refractivity contribution in [1.29, 1.82) is 0 Å². The standard InChI is InChI=1S/C14H13ClN6OS2/c1-20-14(17-18-19-20)24-9-12(22)16-13-21(6-7-23-13)8-10-4-2-3-5-11(10)15/h2-7H,8-9H2,1H3. The second-order valence-electron chi connectivity index (χ2n) is 4.78. The minimum atomic E-state index is -0.238. The Hall–Kier alpha value is -1.97. The van der Waals surface area contributed by atoms with Crippen molar-refractivity contribution >= 4 is 40.6 Å². The van der Waals surface area contributed by atoms with Gasteiger partial charge in [0.25, 0.3) is 5.91 Å². The third-order valence-corrected chi connectivity index (χ3v) is 5.24. The highest BCUT2D eigenvalue weighted by Gasteiger charge is 2.08. The summed E-state index contributed by atoms with van der Waals surface area (Å²) in [6, 6.07) is 7.62. The number of amides is 1. The molecule has 0 bridgehead atoms. The molecule has 0 atom stereocenters. The van der Waals surface area contributed by atoms with Crippen LogP contribution in [-0.2, 0) is 18.4 Å². The van der Waals surface area contributed by atoms with Crippen LogP contribution in [0.1, 0.15) is 5.56 Å². The Morgan fingerprint density at radius 2 is 2.25 bits per heavy atom. The van der Waals surface area contributed by atoms with E-state index in [0.29, 0.717) is 21.5 Å². The molecule has 1 amide bonds. The van der Waals surface area contributed by atoms with E-state index in [1.165, 1.54) is 27.8 Å². The van der Waals surface area contributed by atoms with E-state index in [2.05, 4.69) is 20.5 Å². The number of carbonyl (C=O) groups is 1. The summed E-state index contributed by atoms with van der Waals surface area (Å²) >= 11 is 8.85. The first-order valence-electron chi connectivity index (χ1n) is 6.93. The van der Waals surface area contributed by atoms with Gasteiger partial charge in [0.15, 0.2) is 4.80 Å². The fourth-order valence-corrected chi connectivity index (χ4v) is 3.50. The van der Waals surface area contributed by atoms with Gasteiger partial charge in [-0.05, 0) is 22.1 Å². The van der Waals surface area contributed by atoms with Gasteiger partial charge in [-0.2, -0.15) is 4.99 Å². The summed E-state index contributed by atoms with van der Waals surface area (Å²) in [5, 5.41) is 14.2. The summed E-state index contributed by atoms with van der Waals surface area (Å²) in [6.45, 7) is 0.565. The summed E-state index contributed by atoms with van der Waals surface area (Å²) in [4.78, 5) is 16.9. The van der Waals surface area contributed by atoms with Crippen molar-refractivity contribution in [1.82, 2.24) is 24.8 Å². The number of rotatable bonds is 5. The molecule has 124 valence electrons. The highest BCUT2D eigenvalue weighted by Crippen LogP contribution is 2.16. The van der Waals surface area contributed by atoms with E-state index in [9.17, 15) is 4.79 Å². The molecule has 0 saturated heterocycles. The van der Waals surface area contributed by atoms with Gasteiger partial charge in [-0.15, -0.1) is 16.4 Å². The normalized spacial score (nSPS) is 11.8. The zero-order valence-corrected chi connectivity index (χ0v) is 15.1. The Labute approximate surface area is 151 Å². The molecule has 0 spiro atoms. The molecule has 7 nitrogen and oxygen atoms in total. The molecule has 0 unspecified atom stereocenters. The molecule has 0 aliphatic heterocycles. The highest BCUT2D eigenvalue weighted by atomic mass is 35.5.